The summed E-state index contributed by atoms with van der Waals surface area (Å²) in [7, 11) is 4.11. The third kappa shape index (κ3) is 3.14. The van der Waals surface area contributed by atoms with Crippen molar-refractivity contribution in [2.24, 2.45) is 5.73 Å². The minimum absolute atomic E-state index is 0.124. The van der Waals surface area contributed by atoms with Gasteiger partial charge in [-0.25, -0.2) is 4.98 Å². The smallest absolute Gasteiger partial charge is 0.272 e. The molecule has 20 heavy (non-hydrogen) atoms. The number of primary amides is 1. The van der Waals surface area contributed by atoms with Gasteiger partial charge in [-0.05, 0) is 39.1 Å². The molecule has 0 radical (unpaired) electrons. The van der Waals surface area contributed by atoms with Crippen molar-refractivity contribution in [3.63, 3.8) is 0 Å². The average Bonchev–Trinajstić information content (AvgIpc) is 2.46. The van der Waals surface area contributed by atoms with Gasteiger partial charge in [-0.3, -0.25) is 9.59 Å². The molecule has 1 aromatic rings. The van der Waals surface area contributed by atoms with E-state index in [2.05, 4.69) is 24.0 Å². The van der Waals surface area contributed by atoms with Crippen LogP contribution >= 0.6 is 0 Å². The molecule has 2 rings (SSSR count). The minimum Gasteiger partial charge on any atom is -0.364 e. The Morgan fingerprint density at radius 3 is 2.40 bits per heavy atom. The van der Waals surface area contributed by atoms with Crippen LogP contribution < -0.4 is 5.73 Å². The first-order chi connectivity index (χ1) is 9.49. The van der Waals surface area contributed by atoms with Crippen molar-refractivity contribution < 1.29 is 9.59 Å². The van der Waals surface area contributed by atoms with E-state index < -0.39 is 5.91 Å². The fraction of sp³-hybridized carbons (Fsp3) is 0.500. The molecule has 0 unspecified atom stereocenters. The van der Waals surface area contributed by atoms with Crippen molar-refractivity contribution in [2.75, 3.05) is 27.2 Å². The topological polar surface area (TPSA) is 79.5 Å². The average molecular weight is 276 g/mol. The van der Waals surface area contributed by atoms with Gasteiger partial charge in [0.15, 0.2) is 0 Å². The molecular weight excluding hydrogens is 256 g/mol. The quantitative estimate of drug-likeness (QED) is 0.863. The zero-order valence-electron chi connectivity index (χ0n) is 11.9. The van der Waals surface area contributed by atoms with Gasteiger partial charge in [0, 0.05) is 19.1 Å². The van der Waals surface area contributed by atoms with Gasteiger partial charge in [0.05, 0.1) is 0 Å². The molecule has 1 aromatic heterocycles. The van der Waals surface area contributed by atoms with E-state index >= 15 is 0 Å². The summed E-state index contributed by atoms with van der Waals surface area (Å²) >= 11 is 0. The lowest BCUT2D eigenvalue weighted by Gasteiger charge is -2.35. The predicted molar refractivity (Wildman–Crippen MR) is 75.4 cm³/mol. The summed E-state index contributed by atoms with van der Waals surface area (Å²) in [6.45, 7) is 1.42. The van der Waals surface area contributed by atoms with E-state index in [4.69, 9.17) is 5.73 Å². The number of pyridine rings is 1. The lowest BCUT2D eigenvalue weighted by atomic mass is 10.0. The van der Waals surface area contributed by atoms with Gasteiger partial charge in [-0.1, -0.05) is 6.07 Å². The summed E-state index contributed by atoms with van der Waals surface area (Å²) in [5.41, 5.74) is 5.59. The SMILES string of the molecule is CN(C)C1CCN(C(=O)c2cccc(C(N)=O)n2)CC1. The molecule has 0 aliphatic carbocycles. The van der Waals surface area contributed by atoms with Crippen LogP contribution in [-0.2, 0) is 0 Å². The second-order valence-electron chi connectivity index (χ2n) is 5.26. The molecule has 108 valence electrons. The molecule has 0 saturated carbocycles. The number of carbonyl (C=O) groups excluding carboxylic acids is 2. The van der Waals surface area contributed by atoms with Crippen LogP contribution in [0.4, 0.5) is 0 Å². The maximum absolute atomic E-state index is 12.3. The number of nitrogens with zero attached hydrogens (tertiary/aromatic N) is 3. The van der Waals surface area contributed by atoms with Crippen molar-refractivity contribution in [3.8, 4) is 0 Å². The molecule has 0 spiro atoms. The van der Waals surface area contributed by atoms with Crippen molar-refractivity contribution in [2.45, 2.75) is 18.9 Å². The number of likely N-dealkylation sites (tertiary alicyclic amines) is 1. The molecular formula is C14H20N4O2. The number of carbonyl (C=O) groups is 2. The third-order valence-corrected chi connectivity index (χ3v) is 3.70. The molecule has 0 aromatic carbocycles. The Kier molecular flexibility index (Phi) is 4.34. The number of hydrogen-bond acceptors (Lipinski definition) is 4. The van der Waals surface area contributed by atoms with Crippen molar-refractivity contribution in [3.05, 3.63) is 29.6 Å². The largest absolute Gasteiger partial charge is 0.364 e. The Morgan fingerprint density at radius 2 is 1.85 bits per heavy atom. The van der Waals surface area contributed by atoms with Crippen molar-refractivity contribution in [1.29, 1.82) is 0 Å². The normalized spacial score (nSPS) is 16.4. The van der Waals surface area contributed by atoms with Crippen LogP contribution in [0.1, 0.15) is 33.8 Å². The first-order valence-corrected chi connectivity index (χ1v) is 6.71. The molecule has 1 fully saturated rings. The molecule has 2 N–H and O–H groups in total. The number of nitrogens with two attached hydrogens (primary N) is 1. The molecule has 2 amide bonds. The van der Waals surface area contributed by atoms with Crippen LogP contribution in [0.25, 0.3) is 0 Å². The molecule has 0 bridgehead atoms. The van der Waals surface area contributed by atoms with Gasteiger partial charge in [-0.15, -0.1) is 0 Å². The third-order valence-electron chi connectivity index (χ3n) is 3.70. The van der Waals surface area contributed by atoms with Crippen LogP contribution in [0.5, 0.6) is 0 Å². The summed E-state index contributed by atoms with van der Waals surface area (Å²) < 4.78 is 0. The zero-order valence-corrected chi connectivity index (χ0v) is 11.9. The van der Waals surface area contributed by atoms with E-state index in [0.29, 0.717) is 19.1 Å². The fourth-order valence-corrected chi connectivity index (χ4v) is 2.44. The zero-order chi connectivity index (χ0) is 14.7. The van der Waals surface area contributed by atoms with Crippen LogP contribution in [0.15, 0.2) is 18.2 Å². The Bertz CT molecular complexity index is 508. The summed E-state index contributed by atoms with van der Waals surface area (Å²) in [6, 6.07) is 5.28. The molecule has 6 nitrogen and oxygen atoms in total. The van der Waals surface area contributed by atoms with Gasteiger partial charge in [0.2, 0.25) is 0 Å². The molecule has 6 heteroatoms. The molecule has 1 aliphatic rings. The fourth-order valence-electron chi connectivity index (χ4n) is 2.44. The summed E-state index contributed by atoms with van der Waals surface area (Å²) in [5, 5.41) is 0. The summed E-state index contributed by atoms with van der Waals surface area (Å²) in [6.07, 6.45) is 1.91. The number of amides is 2. The van der Waals surface area contributed by atoms with Crippen LogP contribution in [-0.4, -0.2) is 59.8 Å². The van der Waals surface area contributed by atoms with E-state index in [1.54, 1.807) is 17.0 Å². The molecule has 1 aliphatic heterocycles. The van der Waals surface area contributed by atoms with Gasteiger partial charge in [-0.2, -0.15) is 0 Å². The van der Waals surface area contributed by atoms with Gasteiger partial charge in [0.1, 0.15) is 11.4 Å². The first-order valence-electron chi connectivity index (χ1n) is 6.71. The van der Waals surface area contributed by atoms with Gasteiger partial charge < -0.3 is 15.5 Å². The maximum Gasteiger partial charge on any atom is 0.272 e. The highest BCUT2D eigenvalue weighted by Gasteiger charge is 2.25. The highest BCUT2D eigenvalue weighted by atomic mass is 16.2. The van der Waals surface area contributed by atoms with Crippen molar-refractivity contribution >= 4 is 11.8 Å². The molecule has 0 atom stereocenters. The van der Waals surface area contributed by atoms with Crippen LogP contribution in [0, 0.1) is 0 Å². The standard InChI is InChI=1S/C14H20N4O2/c1-17(2)10-6-8-18(9-7-10)14(20)12-5-3-4-11(16-12)13(15)19/h3-5,10H,6-9H2,1-2H3,(H2,15,19). The monoisotopic (exact) mass is 276 g/mol. The van der Waals surface area contributed by atoms with Gasteiger partial charge in [0.25, 0.3) is 11.8 Å². The second-order valence-corrected chi connectivity index (χ2v) is 5.26. The van der Waals surface area contributed by atoms with Crippen molar-refractivity contribution in [1.82, 2.24) is 14.8 Å². The Labute approximate surface area is 118 Å². The van der Waals surface area contributed by atoms with Crippen LogP contribution in [0.2, 0.25) is 0 Å². The minimum atomic E-state index is -0.619. The number of piperidine rings is 1. The van der Waals surface area contributed by atoms with E-state index in [1.807, 2.05) is 0 Å². The number of hydrogen-bond donors (Lipinski definition) is 1. The van der Waals surface area contributed by atoms with E-state index in [0.717, 1.165) is 12.8 Å². The number of rotatable bonds is 3. The molecule has 2 heterocycles. The highest BCUT2D eigenvalue weighted by Crippen LogP contribution is 2.16. The summed E-state index contributed by atoms with van der Waals surface area (Å²) in [5.74, 6) is -0.753. The lowest BCUT2D eigenvalue weighted by Crippen LogP contribution is -2.44. The Balaban J connectivity index is 2.05. The van der Waals surface area contributed by atoms with E-state index in [1.165, 1.54) is 6.07 Å². The van der Waals surface area contributed by atoms with Gasteiger partial charge >= 0.3 is 0 Å². The van der Waals surface area contributed by atoms with Crippen LogP contribution in [0.3, 0.4) is 0 Å². The van der Waals surface area contributed by atoms with E-state index in [9.17, 15) is 9.59 Å². The highest BCUT2D eigenvalue weighted by molar-refractivity contribution is 5.95. The lowest BCUT2D eigenvalue weighted by molar-refractivity contribution is 0.0657. The second kappa shape index (κ2) is 6.00. The number of aromatic nitrogens is 1. The molecule has 1 saturated heterocycles. The summed E-state index contributed by atoms with van der Waals surface area (Å²) in [4.78, 5) is 31.4. The Hall–Kier alpha value is -1.95. The Morgan fingerprint density at radius 1 is 1.25 bits per heavy atom. The predicted octanol–water partition coefficient (Wildman–Crippen LogP) is 0.347. The first kappa shape index (κ1) is 14.5. The maximum atomic E-state index is 12.3. The van der Waals surface area contributed by atoms with E-state index in [-0.39, 0.29) is 17.3 Å².